The number of aryl methyl sites for hydroxylation is 2. The molecule has 0 saturated carbocycles. The summed E-state index contributed by atoms with van der Waals surface area (Å²) in [6.07, 6.45) is 0. The highest BCUT2D eigenvalue weighted by molar-refractivity contribution is 5.90. The molecule has 0 bridgehead atoms. The van der Waals surface area contributed by atoms with Crippen molar-refractivity contribution in [2.45, 2.75) is 13.8 Å². The molecule has 148 valence electrons. The van der Waals surface area contributed by atoms with Crippen molar-refractivity contribution in [1.82, 2.24) is 15.1 Å². The molecule has 0 unspecified atom stereocenters. The highest BCUT2D eigenvalue weighted by Crippen LogP contribution is 2.22. The first-order valence-corrected chi connectivity index (χ1v) is 9.88. The summed E-state index contributed by atoms with van der Waals surface area (Å²) in [5, 5.41) is 11.9. The highest BCUT2D eigenvalue weighted by atomic mass is 16.2. The van der Waals surface area contributed by atoms with E-state index in [1.807, 2.05) is 60.4 Å². The van der Waals surface area contributed by atoms with E-state index in [9.17, 15) is 4.79 Å². The summed E-state index contributed by atoms with van der Waals surface area (Å²) in [7, 11) is 0. The molecule has 0 radical (unpaired) electrons. The molecule has 2 heterocycles. The number of anilines is 2. The maximum Gasteiger partial charge on any atom is 0.321 e. The molecule has 0 aliphatic carbocycles. The Kier molecular flexibility index (Phi) is 5.42. The van der Waals surface area contributed by atoms with E-state index in [1.54, 1.807) is 0 Å². The van der Waals surface area contributed by atoms with Gasteiger partial charge >= 0.3 is 6.03 Å². The van der Waals surface area contributed by atoms with E-state index in [0.717, 1.165) is 41.4 Å². The predicted octanol–water partition coefficient (Wildman–Crippen LogP) is 4.11. The first-order valence-electron chi connectivity index (χ1n) is 9.88. The number of nitrogens with one attached hydrogen (secondary N) is 1. The lowest BCUT2D eigenvalue weighted by Crippen LogP contribution is -2.50. The third kappa shape index (κ3) is 4.21. The number of hydrogen-bond donors (Lipinski definition) is 1. The van der Waals surface area contributed by atoms with Gasteiger partial charge in [0.2, 0.25) is 0 Å². The Bertz CT molecular complexity index is 994. The van der Waals surface area contributed by atoms with E-state index in [-0.39, 0.29) is 6.03 Å². The Morgan fingerprint density at radius 3 is 2.17 bits per heavy atom. The average molecular weight is 387 g/mol. The number of hydrogen-bond acceptors (Lipinski definition) is 4. The largest absolute Gasteiger partial charge is 0.352 e. The van der Waals surface area contributed by atoms with Gasteiger partial charge in [-0.2, -0.15) is 0 Å². The van der Waals surface area contributed by atoms with Crippen LogP contribution in [0.25, 0.3) is 11.3 Å². The van der Waals surface area contributed by atoms with Crippen LogP contribution in [0.1, 0.15) is 11.1 Å². The van der Waals surface area contributed by atoms with Gasteiger partial charge in [-0.3, -0.25) is 0 Å². The molecule has 0 atom stereocenters. The Morgan fingerprint density at radius 2 is 1.52 bits per heavy atom. The minimum absolute atomic E-state index is 0.0556. The normalized spacial score (nSPS) is 14.0. The highest BCUT2D eigenvalue weighted by Gasteiger charge is 2.22. The van der Waals surface area contributed by atoms with E-state index in [2.05, 4.69) is 39.5 Å². The number of amides is 2. The minimum Gasteiger partial charge on any atom is -0.352 e. The molecule has 1 aliphatic heterocycles. The van der Waals surface area contributed by atoms with Crippen molar-refractivity contribution in [2.24, 2.45) is 0 Å². The van der Waals surface area contributed by atoms with Gasteiger partial charge in [-0.05, 0) is 43.2 Å². The summed E-state index contributed by atoms with van der Waals surface area (Å²) in [6.45, 7) is 6.84. The molecule has 1 aliphatic rings. The number of piperazine rings is 1. The van der Waals surface area contributed by atoms with Crippen LogP contribution >= 0.6 is 0 Å². The van der Waals surface area contributed by atoms with Gasteiger partial charge in [0.05, 0.1) is 5.69 Å². The van der Waals surface area contributed by atoms with E-state index in [4.69, 9.17) is 0 Å². The third-order valence-corrected chi connectivity index (χ3v) is 5.35. The molecule has 3 aromatic rings. The van der Waals surface area contributed by atoms with Crippen LogP contribution in [0.4, 0.5) is 16.3 Å². The second kappa shape index (κ2) is 8.31. The Balaban J connectivity index is 1.36. The van der Waals surface area contributed by atoms with Gasteiger partial charge in [-0.15, -0.1) is 10.2 Å². The van der Waals surface area contributed by atoms with Crippen LogP contribution in [0.5, 0.6) is 0 Å². The third-order valence-electron chi connectivity index (χ3n) is 5.35. The lowest BCUT2D eigenvalue weighted by atomic mass is 10.1. The van der Waals surface area contributed by atoms with Gasteiger partial charge in [-0.1, -0.05) is 42.5 Å². The fourth-order valence-electron chi connectivity index (χ4n) is 3.54. The predicted molar refractivity (Wildman–Crippen MR) is 116 cm³/mol. The Morgan fingerprint density at radius 1 is 0.828 bits per heavy atom. The van der Waals surface area contributed by atoms with Crippen molar-refractivity contribution in [1.29, 1.82) is 0 Å². The Labute approximate surface area is 171 Å². The van der Waals surface area contributed by atoms with Crippen molar-refractivity contribution in [3.8, 4) is 11.3 Å². The van der Waals surface area contributed by atoms with Crippen molar-refractivity contribution in [3.63, 3.8) is 0 Å². The fraction of sp³-hybridized carbons (Fsp3) is 0.261. The average Bonchev–Trinajstić information content (AvgIpc) is 2.76. The molecule has 1 N–H and O–H groups in total. The number of nitrogens with zero attached hydrogens (tertiary/aromatic N) is 4. The van der Waals surface area contributed by atoms with Gasteiger partial charge in [0.25, 0.3) is 0 Å². The van der Waals surface area contributed by atoms with Crippen LogP contribution in [-0.4, -0.2) is 47.3 Å². The number of rotatable bonds is 3. The zero-order chi connectivity index (χ0) is 20.2. The molecular weight excluding hydrogens is 362 g/mol. The second-order valence-corrected chi connectivity index (χ2v) is 7.31. The molecule has 6 heteroatoms. The summed E-state index contributed by atoms with van der Waals surface area (Å²) in [6, 6.07) is 20.0. The van der Waals surface area contributed by atoms with Crippen molar-refractivity contribution >= 4 is 17.5 Å². The van der Waals surface area contributed by atoms with E-state index < -0.39 is 0 Å². The second-order valence-electron chi connectivity index (χ2n) is 7.31. The first-order chi connectivity index (χ1) is 14.1. The quantitative estimate of drug-likeness (QED) is 0.735. The number of urea groups is 1. The van der Waals surface area contributed by atoms with Crippen LogP contribution in [0.2, 0.25) is 0 Å². The van der Waals surface area contributed by atoms with Gasteiger partial charge in [-0.25, -0.2) is 4.79 Å². The molecule has 29 heavy (non-hydrogen) atoms. The molecular formula is C23H25N5O. The number of para-hydroxylation sites is 1. The van der Waals surface area contributed by atoms with E-state index in [1.165, 1.54) is 5.56 Å². The fourth-order valence-corrected chi connectivity index (χ4v) is 3.54. The number of benzene rings is 2. The van der Waals surface area contributed by atoms with Crippen molar-refractivity contribution < 1.29 is 4.79 Å². The maximum atomic E-state index is 12.6. The van der Waals surface area contributed by atoms with E-state index in [0.29, 0.717) is 13.1 Å². The van der Waals surface area contributed by atoms with Crippen molar-refractivity contribution in [3.05, 3.63) is 71.8 Å². The van der Waals surface area contributed by atoms with Gasteiger partial charge < -0.3 is 15.1 Å². The van der Waals surface area contributed by atoms with Gasteiger partial charge in [0.1, 0.15) is 0 Å². The number of aromatic nitrogens is 2. The molecule has 0 spiro atoms. The van der Waals surface area contributed by atoms with Crippen LogP contribution in [0.3, 0.4) is 0 Å². The van der Waals surface area contributed by atoms with Gasteiger partial charge in [0, 0.05) is 37.4 Å². The standard InChI is InChI=1S/C23H25N5O/c1-17-7-3-5-9-19(17)21-11-12-22(26-25-21)27-13-15-28(16-14-27)23(29)24-20-10-6-4-8-18(20)2/h3-12H,13-16H2,1-2H3,(H,24,29). The molecule has 1 saturated heterocycles. The summed E-state index contributed by atoms with van der Waals surface area (Å²) in [5.74, 6) is 0.848. The molecule has 2 aromatic carbocycles. The molecule has 4 rings (SSSR count). The topological polar surface area (TPSA) is 61.4 Å². The van der Waals surface area contributed by atoms with Crippen LogP contribution in [-0.2, 0) is 0 Å². The lowest BCUT2D eigenvalue weighted by Gasteiger charge is -2.35. The van der Waals surface area contributed by atoms with Gasteiger partial charge in [0.15, 0.2) is 5.82 Å². The summed E-state index contributed by atoms with van der Waals surface area (Å²) >= 11 is 0. The van der Waals surface area contributed by atoms with Crippen LogP contribution in [0.15, 0.2) is 60.7 Å². The van der Waals surface area contributed by atoms with Crippen LogP contribution < -0.4 is 10.2 Å². The molecule has 1 aromatic heterocycles. The van der Waals surface area contributed by atoms with Crippen LogP contribution in [0, 0.1) is 13.8 Å². The molecule has 1 fully saturated rings. The SMILES string of the molecule is Cc1ccccc1NC(=O)N1CCN(c2ccc(-c3ccccc3C)nn2)CC1. The molecule has 6 nitrogen and oxygen atoms in total. The summed E-state index contributed by atoms with van der Waals surface area (Å²) in [5.41, 5.74) is 5.08. The summed E-state index contributed by atoms with van der Waals surface area (Å²) in [4.78, 5) is 16.6. The smallest absolute Gasteiger partial charge is 0.321 e. The zero-order valence-corrected chi connectivity index (χ0v) is 16.8. The molecule has 2 amide bonds. The maximum absolute atomic E-state index is 12.6. The Hall–Kier alpha value is -3.41. The number of carbonyl (C=O) groups is 1. The van der Waals surface area contributed by atoms with Crippen molar-refractivity contribution in [2.75, 3.05) is 36.4 Å². The lowest BCUT2D eigenvalue weighted by molar-refractivity contribution is 0.208. The monoisotopic (exact) mass is 387 g/mol. The zero-order valence-electron chi connectivity index (χ0n) is 16.8. The van der Waals surface area contributed by atoms with E-state index >= 15 is 0 Å². The summed E-state index contributed by atoms with van der Waals surface area (Å²) < 4.78 is 0. The number of carbonyl (C=O) groups excluding carboxylic acids is 1. The first kappa shape index (κ1) is 18.9. The minimum atomic E-state index is -0.0556.